The second kappa shape index (κ2) is 8.78. The zero-order valence-electron chi connectivity index (χ0n) is 15.3. The van der Waals surface area contributed by atoms with Gasteiger partial charge in [0, 0.05) is 25.7 Å². The first-order valence-electron chi connectivity index (χ1n) is 8.95. The van der Waals surface area contributed by atoms with Crippen LogP contribution in [0.2, 0.25) is 0 Å². The summed E-state index contributed by atoms with van der Waals surface area (Å²) in [6.07, 6.45) is 3.36. The average Bonchev–Trinajstić information content (AvgIpc) is 2.58. The van der Waals surface area contributed by atoms with E-state index >= 15 is 0 Å². The highest BCUT2D eigenvalue weighted by atomic mass is 32.2. The topological polar surface area (TPSA) is 78.5 Å². The summed E-state index contributed by atoms with van der Waals surface area (Å²) >= 11 is 0. The summed E-state index contributed by atoms with van der Waals surface area (Å²) in [5, 5.41) is 3.31. The minimum absolute atomic E-state index is 0.0644. The van der Waals surface area contributed by atoms with E-state index in [-0.39, 0.29) is 28.4 Å². The van der Waals surface area contributed by atoms with Gasteiger partial charge in [0.2, 0.25) is 10.0 Å². The Labute approximate surface area is 151 Å². The van der Waals surface area contributed by atoms with Crippen LogP contribution in [0.3, 0.4) is 0 Å². The maximum Gasteiger partial charge on any atom is 0.254 e. The summed E-state index contributed by atoms with van der Waals surface area (Å²) in [5.41, 5.74) is 0.232. The number of carbonyl (C=O) groups excluding carboxylic acids is 1. The third kappa shape index (κ3) is 5.26. The summed E-state index contributed by atoms with van der Waals surface area (Å²) in [6.45, 7) is 5.50. The van der Waals surface area contributed by atoms with Gasteiger partial charge in [-0.15, -0.1) is 0 Å². The first kappa shape index (κ1) is 19.9. The number of rotatable bonds is 7. The molecule has 0 aliphatic carbocycles. The summed E-state index contributed by atoms with van der Waals surface area (Å²) in [5.74, 6) is -0.256. The van der Waals surface area contributed by atoms with Crippen molar-refractivity contribution in [1.82, 2.24) is 14.9 Å². The normalized spacial score (nSPS) is 21.1. The number of unbranched alkanes of at least 4 members (excludes halogenated alkanes) is 1. The van der Waals surface area contributed by atoms with Gasteiger partial charge < -0.3 is 10.2 Å². The highest BCUT2D eigenvalue weighted by Crippen LogP contribution is 2.19. The van der Waals surface area contributed by atoms with Gasteiger partial charge in [0.25, 0.3) is 5.91 Å². The Kier molecular flexibility index (Phi) is 6.98. The lowest BCUT2D eigenvalue weighted by molar-refractivity contribution is 0.0789. The van der Waals surface area contributed by atoms with E-state index in [2.05, 4.69) is 17.0 Å². The molecule has 1 heterocycles. The number of hydrogen-bond donors (Lipinski definition) is 2. The van der Waals surface area contributed by atoms with Crippen LogP contribution in [-0.4, -0.2) is 51.4 Å². The molecule has 0 spiro atoms. The maximum absolute atomic E-state index is 12.9. The van der Waals surface area contributed by atoms with Gasteiger partial charge in [0.1, 0.15) is 0 Å². The van der Waals surface area contributed by atoms with Crippen LogP contribution in [0.1, 0.15) is 49.9 Å². The predicted molar refractivity (Wildman–Crippen MR) is 99.1 cm³/mol. The number of carbonyl (C=O) groups is 1. The molecule has 0 aromatic heterocycles. The maximum atomic E-state index is 12.9. The Morgan fingerprint density at radius 2 is 2.08 bits per heavy atom. The standard InChI is InChI=1S/C18H29N3O3S/c1-4-5-12-21(3)18(22)16-8-6-7-9-17(16)25(23,24)20-15-10-11-19-14(2)13-15/h6-9,14-15,19-20H,4-5,10-13H2,1-3H3. The second-order valence-corrected chi connectivity index (χ2v) is 8.46. The molecule has 0 bridgehead atoms. The van der Waals surface area contributed by atoms with E-state index in [9.17, 15) is 13.2 Å². The molecule has 1 aromatic carbocycles. The number of amides is 1. The van der Waals surface area contributed by atoms with Crippen LogP contribution in [0.15, 0.2) is 29.2 Å². The number of piperidine rings is 1. The van der Waals surface area contributed by atoms with E-state index in [4.69, 9.17) is 0 Å². The Bertz CT molecular complexity index is 691. The van der Waals surface area contributed by atoms with Crippen molar-refractivity contribution in [3.63, 3.8) is 0 Å². The molecule has 1 fully saturated rings. The van der Waals surface area contributed by atoms with E-state index in [0.29, 0.717) is 6.54 Å². The van der Waals surface area contributed by atoms with Crippen LogP contribution >= 0.6 is 0 Å². The minimum atomic E-state index is -3.74. The first-order chi connectivity index (χ1) is 11.8. The summed E-state index contributed by atoms with van der Waals surface area (Å²) < 4.78 is 28.5. The molecule has 2 atom stereocenters. The summed E-state index contributed by atoms with van der Waals surface area (Å²) in [4.78, 5) is 14.3. The second-order valence-electron chi connectivity index (χ2n) is 6.77. The van der Waals surface area contributed by atoms with E-state index < -0.39 is 10.0 Å². The number of nitrogens with one attached hydrogen (secondary N) is 2. The zero-order valence-corrected chi connectivity index (χ0v) is 16.1. The van der Waals surface area contributed by atoms with Crippen LogP contribution in [0.4, 0.5) is 0 Å². The van der Waals surface area contributed by atoms with Crippen molar-refractivity contribution in [3.05, 3.63) is 29.8 Å². The van der Waals surface area contributed by atoms with Crippen molar-refractivity contribution in [3.8, 4) is 0 Å². The average molecular weight is 368 g/mol. The highest BCUT2D eigenvalue weighted by molar-refractivity contribution is 7.89. The first-order valence-corrected chi connectivity index (χ1v) is 10.4. The molecule has 1 aromatic rings. The molecular weight excluding hydrogens is 338 g/mol. The lowest BCUT2D eigenvalue weighted by Gasteiger charge is -2.28. The number of hydrogen-bond acceptors (Lipinski definition) is 4. The fourth-order valence-electron chi connectivity index (χ4n) is 3.10. The zero-order chi connectivity index (χ0) is 18.4. The molecule has 0 saturated carbocycles. The molecule has 6 nitrogen and oxygen atoms in total. The molecule has 140 valence electrons. The molecule has 2 rings (SSSR count). The fraction of sp³-hybridized carbons (Fsp3) is 0.611. The number of sulfonamides is 1. The van der Waals surface area contributed by atoms with Crippen LogP contribution < -0.4 is 10.0 Å². The third-order valence-corrected chi connectivity index (χ3v) is 6.12. The van der Waals surface area contributed by atoms with Gasteiger partial charge in [-0.25, -0.2) is 13.1 Å². The van der Waals surface area contributed by atoms with E-state index in [1.54, 1.807) is 30.1 Å². The largest absolute Gasteiger partial charge is 0.342 e. The van der Waals surface area contributed by atoms with Crippen molar-refractivity contribution >= 4 is 15.9 Å². The van der Waals surface area contributed by atoms with E-state index in [1.807, 2.05) is 6.92 Å². The monoisotopic (exact) mass is 367 g/mol. The van der Waals surface area contributed by atoms with Crippen LogP contribution in [0.25, 0.3) is 0 Å². The van der Waals surface area contributed by atoms with Crippen molar-refractivity contribution in [2.45, 2.75) is 56.5 Å². The van der Waals surface area contributed by atoms with Gasteiger partial charge in [0.05, 0.1) is 10.5 Å². The Hall–Kier alpha value is -1.44. The fourth-order valence-corrected chi connectivity index (χ4v) is 4.58. The molecule has 1 aliphatic rings. The summed E-state index contributed by atoms with van der Waals surface area (Å²) in [6, 6.07) is 6.62. The Balaban J connectivity index is 2.21. The van der Waals surface area contributed by atoms with Gasteiger partial charge >= 0.3 is 0 Å². The Morgan fingerprint density at radius 3 is 2.76 bits per heavy atom. The highest BCUT2D eigenvalue weighted by Gasteiger charge is 2.28. The molecule has 1 amide bonds. The molecule has 2 N–H and O–H groups in total. The predicted octanol–water partition coefficient (Wildman–Crippen LogP) is 1.98. The van der Waals surface area contributed by atoms with E-state index in [1.165, 1.54) is 6.07 Å². The van der Waals surface area contributed by atoms with Crippen LogP contribution in [-0.2, 0) is 10.0 Å². The Morgan fingerprint density at radius 1 is 1.36 bits per heavy atom. The molecule has 0 radical (unpaired) electrons. The third-order valence-electron chi connectivity index (χ3n) is 4.55. The molecule has 2 unspecified atom stereocenters. The van der Waals surface area contributed by atoms with Crippen LogP contribution in [0.5, 0.6) is 0 Å². The van der Waals surface area contributed by atoms with Crippen molar-refractivity contribution in [2.24, 2.45) is 0 Å². The lowest BCUT2D eigenvalue weighted by Crippen LogP contribution is -2.46. The lowest BCUT2D eigenvalue weighted by atomic mass is 10.0. The van der Waals surface area contributed by atoms with Crippen molar-refractivity contribution in [1.29, 1.82) is 0 Å². The van der Waals surface area contributed by atoms with Gasteiger partial charge in [-0.2, -0.15) is 0 Å². The summed E-state index contributed by atoms with van der Waals surface area (Å²) in [7, 11) is -2.03. The van der Waals surface area contributed by atoms with Gasteiger partial charge in [-0.3, -0.25) is 4.79 Å². The van der Waals surface area contributed by atoms with Gasteiger partial charge in [-0.05, 0) is 44.9 Å². The molecule has 1 aliphatic heterocycles. The van der Waals surface area contributed by atoms with Crippen molar-refractivity contribution in [2.75, 3.05) is 20.1 Å². The molecule has 7 heteroatoms. The number of nitrogens with zero attached hydrogens (tertiary/aromatic N) is 1. The SMILES string of the molecule is CCCCN(C)C(=O)c1ccccc1S(=O)(=O)NC1CCNC(C)C1. The van der Waals surface area contributed by atoms with Crippen molar-refractivity contribution < 1.29 is 13.2 Å². The number of benzene rings is 1. The van der Waals surface area contributed by atoms with Crippen LogP contribution in [0, 0.1) is 0 Å². The molecule has 25 heavy (non-hydrogen) atoms. The van der Waals surface area contributed by atoms with E-state index in [0.717, 1.165) is 32.2 Å². The molecule has 1 saturated heterocycles. The smallest absolute Gasteiger partial charge is 0.254 e. The van der Waals surface area contributed by atoms with Gasteiger partial charge in [0.15, 0.2) is 0 Å². The molecular formula is C18H29N3O3S. The minimum Gasteiger partial charge on any atom is -0.342 e. The van der Waals surface area contributed by atoms with Gasteiger partial charge in [-0.1, -0.05) is 25.5 Å². The quantitative estimate of drug-likeness (QED) is 0.772.